The Hall–Kier alpha value is -5.63. The first kappa shape index (κ1) is 35.8. The van der Waals surface area contributed by atoms with Crippen molar-refractivity contribution in [1.82, 2.24) is 24.3 Å². The number of carbonyl (C=O) groups excluding carboxylic acids is 1. The predicted molar refractivity (Wildman–Crippen MR) is 199 cm³/mol. The number of ether oxygens (including phenoxy) is 3. The standard InChI is InChI=1S/C39H35ClF2N6O5/c1-46-14-16-47(17-15-46)13-4-18-52-36-23-32-27(22-35(36)51-2)33(10-12-43-32)53-34-9-6-25(20-31(34)42)45-38(49)28-19-24-5-3-11-44-37(24)48(39(28)50)26-7-8-30(41)29(40)21-26/h3,5-12,19-23H,4,13-18H2,1-2H3,(H,45,49). The van der Waals surface area contributed by atoms with Gasteiger partial charge in [0, 0.05) is 73.7 Å². The van der Waals surface area contributed by atoms with E-state index in [2.05, 4.69) is 32.1 Å². The Labute approximate surface area is 308 Å². The maximum Gasteiger partial charge on any atom is 0.269 e. The van der Waals surface area contributed by atoms with Crippen molar-refractivity contribution < 1.29 is 27.8 Å². The average Bonchev–Trinajstić information content (AvgIpc) is 3.16. The van der Waals surface area contributed by atoms with E-state index in [9.17, 15) is 14.0 Å². The van der Waals surface area contributed by atoms with E-state index in [-0.39, 0.29) is 33.4 Å². The molecular weight excluding hydrogens is 706 g/mol. The number of methoxy groups -OCH3 is 1. The smallest absolute Gasteiger partial charge is 0.269 e. The maximum atomic E-state index is 15.5. The lowest BCUT2D eigenvalue weighted by molar-refractivity contribution is 0.102. The van der Waals surface area contributed by atoms with Crippen LogP contribution in [0, 0.1) is 11.6 Å². The molecule has 53 heavy (non-hydrogen) atoms. The fourth-order valence-corrected chi connectivity index (χ4v) is 6.35. The van der Waals surface area contributed by atoms with Crippen LogP contribution >= 0.6 is 11.6 Å². The minimum Gasteiger partial charge on any atom is -0.493 e. The zero-order valence-corrected chi connectivity index (χ0v) is 29.7. The van der Waals surface area contributed by atoms with Gasteiger partial charge in [0.25, 0.3) is 11.5 Å². The van der Waals surface area contributed by atoms with Crippen LogP contribution in [0.3, 0.4) is 0 Å². The van der Waals surface area contributed by atoms with Gasteiger partial charge in [0.15, 0.2) is 23.1 Å². The van der Waals surface area contributed by atoms with Gasteiger partial charge < -0.3 is 29.3 Å². The molecule has 4 heterocycles. The third kappa shape index (κ3) is 7.77. The molecule has 0 spiro atoms. The van der Waals surface area contributed by atoms with E-state index in [1.807, 2.05) is 0 Å². The average molecular weight is 741 g/mol. The number of hydrogen-bond acceptors (Lipinski definition) is 9. The van der Waals surface area contributed by atoms with Crippen molar-refractivity contribution >= 4 is 45.1 Å². The summed E-state index contributed by atoms with van der Waals surface area (Å²) in [6.45, 7) is 5.67. The Morgan fingerprint density at radius 3 is 2.49 bits per heavy atom. The van der Waals surface area contributed by atoms with Gasteiger partial charge in [0.05, 0.1) is 29.9 Å². The lowest BCUT2D eigenvalue weighted by atomic mass is 10.1. The molecule has 1 saturated heterocycles. The van der Waals surface area contributed by atoms with Crippen LogP contribution in [0.4, 0.5) is 14.5 Å². The van der Waals surface area contributed by atoms with Crippen LogP contribution in [-0.4, -0.2) is 83.7 Å². The first-order valence-corrected chi connectivity index (χ1v) is 17.3. The van der Waals surface area contributed by atoms with Gasteiger partial charge in [0.2, 0.25) is 0 Å². The highest BCUT2D eigenvalue weighted by Gasteiger charge is 2.20. The summed E-state index contributed by atoms with van der Waals surface area (Å²) in [5.41, 5.74) is 0.136. The number of amides is 1. The number of pyridine rings is 3. The van der Waals surface area contributed by atoms with Gasteiger partial charge >= 0.3 is 0 Å². The molecule has 1 amide bonds. The molecule has 1 aliphatic heterocycles. The summed E-state index contributed by atoms with van der Waals surface area (Å²) in [6.07, 6.45) is 3.91. The Morgan fingerprint density at radius 1 is 0.887 bits per heavy atom. The SMILES string of the molecule is COc1cc2c(Oc3ccc(NC(=O)c4cc5cccnc5n(-c5ccc(F)c(Cl)c5)c4=O)cc3F)ccnc2cc1OCCCN1CCN(C)CC1. The number of fused-ring (bicyclic) bond motifs is 2. The first-order valence-electron chi connectivity index (χ1n) is 16.9. The van der Waals surface area contributed by atoms with Crippen LogP contribution in [0.5, 0.6) is 23.0 Å². The minimum absolute atomic E-state index is 0.0811. The molecule has 14 heteroatoms. The largest absolute Gasteiger partial charge is 0.493 e. The van der Waals surface area contributed by atoms with Crippen LogP contribution in [-0.2, 0) is 0 Å². The summed E-state index contributed by atoms with van der Waals surface area (Å²) in [5.74, 6) is -0.961. The van der Waals surface area contributed by atoms with Gasteiger partial charge in [-0.05, 0) is 74.1 Å². The topological polar surface area (TPSA) is 111 Å². The zero-order chi connectivity index (χ0) is 37.1. The van der Waals surface area contributed by atoms with E-state index in [1.165, 1.54) is 41.1 Å². The molecule has 272 valence electrons. The number of halogens is 3. The Kier molecular flexibility index (Phi) is 10.5. The Morgan fingerprint density at radius 2 is 1.72 bits per heavy atom. The van der Waals surface area contributed by atoms with Gasteiger partial charge in [-0.15, -0.1) is 0 Å². The summed E-state index contributed by atoms with van der Waals surface area (Å²) >= 11 is 6.00. The molecular formula is C39H35ClF2N6O5. The van der Waals surface area contributed by atoms with Crippen molar-refractivity contribution in [2.45, 2.75) is 6.42 Å². The lowest BCUT2D eigenvalue weighted by Crippen LogP contribution is -2.44. The molecule has 3 aromatic carbocycles. The number of anilines is 1. The summed E-state index contributed by atoms with van der Waals surface area (Å²) in [6, 6.07) is 17.5. The number of likely N-dealkylation sites (N-methyl/N-ethyl adjacent to an activating group) is 1. The van der Waals surface area contributed by atoms with E-state index >= 15 is 4.39 Å². The normalized spacial score (nSPS) is 13.7. The Balaban J connectivity index is 1.07. The number of piperazine rings is 1. The van der Waals surface area contributed by atoms with Gasteiger partial charge in [-0.2, -0.15) is 0 Å². The fraction of sp³-hybridized carbons (Fsp3) is 0.231. The summed E-state index contributed by atoms with van der Waals surface area (Å²) in [4.78, 5) is 40.6. The second-order valence-electron chi connectivity index (χ2n) is 12.6. The van der Waals surface area contributed by atoms with E-state index in [0.29, 0.717) is 40.1 Å². The number of hydrogen-bond donors (Lipinski definition) is 1. The summed E-state index contributed by atoms with van der Waals surface area (Å²) < 4.78 is 48.3. The van der Waals surface area contributed by atoms with Crippen molar-refractivity contribution in [2.75, 3.05) is 58.8 Å². The maximum absolute atomic E-state index is 15.5. The molecule has 1 aliphatic rings. The molecule has 0 aliphatic carbocycles. The Bertz CT molecular complexity index is 2380. The highest BCUT2D eigenvalue weighted by Crippen LogP contribution is 2.38. The van der Waals surface area contributed by atoms with Gasteiger partial charge in [-0.1, -0.05) is 11.6 Å². The molecule has 0 bridgehead atoms. The number of carbonyl (C=O) groups is 1. The summed E-state index contributed by atoms with van der Waals surface area (Å²) in [7, 11) is 3.68. The monoisotopic (exact) mass is 740 g/mol. The number of nitrogens with one attached hydrogen (secondary N) is 1. The van der Waals surface area contributed by atoms with Gasteiger partial charge in [-0.3, -0.25) is 19.1 Å². The van der Waals surface area contributed by atoms with Gasteiger partial charge in [-0.25, -0.2) is 13.8 Å². The molecule has 1 N–H and O–H groups in total. The highest BCUT2D eigenvalue weighted by molar-refractivity contribution is 6.30. The molecule has 0 saturated carbocycles. The second kappa shape index (κ2) is 15.5. The van der Waals surface area contributed by atoms with Gasteiger partial charge in [0.1, 0.15) is 22.8 Å². The molecule has 3 aromatic heterocycles. The molecule has 0 atom stereocenters. The fourth-order valence-electron chi connectivity index (χ4n) is 6.18. The van der Waals surface area contributed by atoms with Crippen LogP contribution < -0.4 is 25.1 Å². The quantitative estimate of drug-likeness (QED) is 0.141. The molecule has 6 aromatic rings. The lowest BCUT2D eigenvalue weighted by Gasteiger charge is -2.32. The van der Waals surface area contributed by atoms with E-state index in [4.69, 9.17) is 25.8 Å². The molecule has 11 nitrogen and oxygen atoms in total. The number of rotatable bonds is 11. The van der Waals surface area contributed by atoms with Crippen LogP contribution in [0.2, 0.25) is 5.02 Å². The third-order valence-electron chi connectivity index (χ3n) is 9.04. The van der Waals surface area contributed by atoms with Crippen LogP contribution in [0.25, 0.3) is 27.6 Å². The molecule has 1 fully saturated rings. The molecule has 0 radical (unpaired) electrons. The van der Waals surface area contributed by atoms with Crippen molar-refractivity contribution in [2.24, 2.45) is 0 Å². The van der Waals surface area contributed by atoms with Crippen molar-refractivity contribution in [3.8, 4) is 28.7 Å². The zero-order valence-electron chi connectivity index (χ0n) is 28.9. The van der Waals surface area contributed by atoms with Crippen molar-refractivity contribution in [3.05, 3.63) is 118 Å². The molecule has 0 unspecified atom stereocenters. The molecule has 7 rings (SSSR count). The number of aromatic nitrogens is 3. The van der Waals surface area contributed by atoms with Crippen LogP contribution in [0.1, 0.15) is 16.8 Å². The van der Waals surface area contributed by atoms with E-state index in [1.54, 1.807) is 43.6 Å². The van der Waals surface area contributed by atoms with E-state index in [0.717, 1.165) is 51.3 Å². The predicted octanol–water partition coefficient (Wildman–Crippen LogP) is 6.94. The van der Waals surface area contributed by atoms with Crippen molar-refractivity contribution in [1.29, 1.82) is 0 Å². The van der Waals surface area contributed by atoms with E-state index < -0.39 is 23.1 Å². The highest BCUT2D eigenvalue weighted by atomic mass is 35.5. The number of nitrogens with zero attached hydrogens (tertiary/aromatic N) is 5. The third-order valence-corrected chi connectivity index (χ3v) is 9.33. The second-order valence-corrected chi connectivity index (χ2v) is 13.0. The first-order chi connectivity index (χ1) is 25.7. The summed E-state index contributed by atoms with van der Waals surface area (Å²) in [5, 5.41) is 3.43. The minimum atomic E-state index is -0.791. The van der Waals surface area contributed by atoms with Crippen molar-refractivity contribution in [3.63, 3.8) is 0 Å². The van der Waals surface area contributed by atoms with Crippen LogP contribution in [0.15, 0.2) is 90.0 Å². The number of benzene rings is 3.